The van der Waals surface area contributed by atoms with Crippen LogP contribution in [0.15, 0.2) is 18.2 Å². The Hall–Kier alpha value is -2.15. The zero-order chi connectivity index (χ0) is 13.7. The second-order valence-electron chi connectivity index (χ2n) is 3.61. The number of aliphatic carboxylic acids is 1. The highest BCUT2D eigenvalue weighted by molar-refractivity contribution is 5.92. The molecular formula is C11H13FN2O4. The number of carbonyl (C=O) groups is 2. The van der Waals surface area contributed by atoms with E-state index in [2.05, 4.69) is 5.32 Å². The molecule has 0 saturated heterocycles. The summed E-state index contributed by atoms with van der Waals surface area (Å²) < 4.78 is 13.5. The monoisotopic (exact) mass is 256 g/mol. The third kappa shape index (κ3) is 3.42. The molecule has 1 aromatic rings. The van der Waals surface area contributed by atoms with Crippen LogP contribution in [0, 0.1) is 12.7 Å². The Morgan fingerprint density at radius 3 is 2.67 bits per heavy atom. The van der Waals surface area contributed by atoms with Gasteiger partial charge in [0.2, 0.25) is 0 Å². The van der Waals surface area contributed by atoms with Gasteiger partial charge in [-0.1, -0.05) is 12.1 Å². The molecule has 0 saturated carbocycles. The fourth-order valence-corrected chi connectivity index (χ4v) is 1.25. The van der Waals surface area contributed by atoms with Crippen LogP contribution in [-0.4, -0.2) is 34.9 Å². The highest BCUT2D eigenvalue weighted by Gasteiger charge is 2.19. The van der Waals surface area contributed by atoms with E-state index < -0.39 is 30.5 Å². The van der Waals surface area contributed by atoms with Gasteiger partial charge in [-0.2, -0.15) is 0 Å². The molecular weight excluding hydrogens is 243 g/mol. The van der Waals surface area contributed by atoms with Gasteiger partial charge in [0.1, 0.15) is 5.82 Å². The van der Waals surface area contributed by atoms with Gasteiger partial charge in [-0.25, -0.2) is 14.0 Å². The molecule has 1 rings (SSSR count). The number of hydrogen-bond donors (Lipinski definition) is 4. The van der Waals surface area contributed by atoms with Crippen LogP contribution in [-0.2, 0) is 4.79 Å². The lowest BCUT2D eigenvalue weighted by molar-refractivity contribution is -0.140. The molecule has 0 aliphatic rings. The fraction of sp³-hybridized carbons (Fsp3) is 0.273. The Kier molecular flexibility index (Phi) is 4.61. The van der Waals surface area contributed by atoms with Gasteiger partial charge in [0.15, 0.2) is 6.04 Å². The highest BCUT2D eigenvalue weighted by atomic mass is 19.1. The first-order valence-electron chi connectivity index (χ1n) is 5.12. The van der Waals surface area contributed by atoms with Crippen LogP contribution in [0.3, 0.4) is 0 Å². The summed E-state index contributed by atoms with van der Waals surface area (Å²) in [4.78, 5) is 21.9. The average molecular weight is 256 g/mol. The van der Waals surface area contributed by atoms with E-state index in [4.69, 9.17) is 10.2 Å². The number of anilines is 1. The van der Waals surface area contributed by atoms with Crippen molar-refractivity contribution in [2.24, 2.45) is 0 Å². The van der Waals surface area contributed by atoms with Crippen molar-refractivity contribution in [3.05, 3.63) is 29.6 Å². The summed E-state index contributed by atoms with van der Waals surface area (Å²) in [6.07, 6.45) is 0. The van der Waals surface area contributed by atoms with Gasteiger partial charge in [-0.15, -0.1) is 0 Å². The highest BCUT2D eigenvalue weighted by Crippen LogP contribution is 2.16. The molecule has 4 N–H and O–H groups in total. The number of carboxylic acid groups (broad SMARTS) is 1. The lowest BCUT2D eigenvalue weighted by Gasteiger charge is -2.13. The van der Waals surface area contributed by atoms with Crippen molar-refractivity contribution < 1.29 is 24.2 Å². The number of amides is 2. The lowest BCUT2D eigenvalue weighted by atomic mass is 10.2. The summed E-state index contributed by atoms with van der Waals surface area (Å²) in [6.45, 7) is 0.783. The first kappa shape index (κ1) is 13.9. The summed E-state index contributed by atoms with van der Waals surface area (Å²) in [5.41, 5.74) is 0.291. The smallest absolute Gasteiger partial charge is 0.328 e. The number of carbonyl (C=O) groups excluding carboxylic acids is 1. The molecule has 0 fully saturated rings. The van der Waals surface area contributed by atoms with Crippen LogP contribution in [0.2, 0.25) is 0 Å². The average Bonchev–Trinajstić information content (AvgIpc) is 2.31. The minimum atomic E-state index is -1.43. The van der Waals surface area contributed by atoms with E-state index in [0.29, 0.717) is 5.56 Å². The normalized spacial score (nSPS) is 11.7. The second kappa shape index (κ2) is 5.97. The van der Waals surface area contributed by atoms with Crippen molar-refractivity contribution in [3.63, 3.8) is 0 Å². The predicted molar refractivity (Wildman–Crippen MR) is 61.8 cm³/mol. The van der Waals surface area contributed by atoms with E-state index >= 15 is 0 Å². The number of aliphatic hydroxyl groups is 1. The van der Waals surface area contributed by atoms with Gasteiger partial charge in [0.05, 0.1) is 12.3 Å². The van der Waals surface area contributed by atoms with Gasteiger partial charge >= 0.3 is 12.0 Å². The topological polar surface area (TPSA) is 98.7 Å². The maximum atomic E-state index is 13.5. The van der Waals surface area contributed by atoms with Crippen LogP contribution < -0.4 is 10.6 Å². The molecule has 2 amide bonds. The molecule has 0 aliphatic carbocycles. The van der Waals surface area contributed by atoms with E-state index in [1.165, 1.54) is 19.1 Å². The minimum absolute atomic E-state index is 0.0606. The number of urea groups is 1. The first-order valence-corrected chi connectivity index (χ1v) is 5.12. The third-order valence-electron chi connectivity index (χ3n) is 2.23. The van der Waals surface area contributed by atoms with Crippen LogP contribution in [0.4, 0.5) is 14.9 Å². The molecule has 0 spiro atoms. The number of aryl methyl sites for hydroxylation is 1. The van der Waals surface area contributed by atoms with Crippen LogP contribution in [0.25, 0.3) is 0 Å². The zero-order valence-electron chi connectivity index (χ0n) is 9.61. The molecule has 7 heteroatoms. The van der Waals surface area contributed by atoms with E-state index in [1.807, 2.05) is 5.32 Å². The Labute approximate surface area is 102 Å². The van der Waals surface area contributed by atoms with Crippen LogP contribution in [0.5, 0.6) is 0 Å². The number of nitrogens with one attached hydrogen (secondary N) is 2. The number of rotatable bonds is 4. The first-order chi connectivity index (χ1) is 8.45. The molecule has 0 unspecified atom stereocenters. The minimum Gasteiger partial charge on any atom is -0.480 e. The standard InChI is InChI=1S/C11H13FN2O4/c1-6-3-2-4-7(9(6)12)13-11(18)14-8(5-15)10(16)17/h2-4,8,15H,5H2,1H3,(H,16,17)(H2,13,14,18)/t8-/m1/s1. The molecule has 0 radical (unpaired) electrons. The summed E-state index contributed by atoms with van der Waals surface area (Å²) in [7, 11) is 0. The van der Waals surface area contributed by atoms with Crippen LogP contribution >= 0.6 is 0 Å². The van der Waals surface area contributed by atoms with Crippen LogP contribution in [0.1, 0.15) is 5.56 Å². The molecule has 0 bridgehead atoms. The van der Waals surface area contributed by atoms with E-state index in [-0.39, 0.29) is 5.69 Å². The number of carboxylic acids is 1. The predicted octanol–water partition coefficient (Wildman–Crippen LogP) is 0.701. The van der Waals surface area contributed by atoms with Gasteiger partial charge in [-0.05, 0) is 18.6 Å². The number of halogens is 1. The SMILES string of the molecule is Cc1cccc(NC(=O)N[C@H](CO)C(=O)O)c1F. The maximum Gasteiger partial charge on any atom is 0.328 e. The van der Waals surface area contributed by atoms with Gasteiger partial charge in [0.25, 0.3) is 0 Å². The number of aliphatic hydroxyl groups excluding tert-OH is 1. The van der Waals surface area contributed by atoms with Crippen molar-refractivity contribution in [1.82, 2.24) is 5.32 Å². The van der Waals surface area contributed by atoms with Crippen molar-refractivity contribution in [1.29, 1.82) is 0 Å². The Morgan fingerprint density at radius 2 is 2.11 bits per heavy atom. The van der Waals surface area contributed by atoms with E-state index in [1.54, 1.807) is 6.07 Å². The quantitative estimate of drug-likeness (QED) is 0.637. The molecule has 18 heavy (non-hydrogen) atoms. The Bertz CT molecular complexity index is 464. The summed E-state index contributed by atoms with van der Waals surface area (Å²) in [6, 6.07) is 2.09. The third-order valence-corrected chi connectivity index (χ3v) is 2.23. The lowest BCUT2D eigenvalue weighted by Crippen LogP contribution is -2.45. The zero-order valence-corrected chi connectivity index (χ0v) is 9.61. The molecule has 0 aromatic heterocycles. The molecule has 6 nitrogen and oxygen atoms in total. The molecule has 98 valence electrons. The summed E-state index contributed by atoms with van der Waals surface area (Å²) in [5.74, 6) is -1.97. The van der Waals surface area contributed by atoms with Gasteiger partial charge < -0.3 is 20.8 Å². The molecule has 1 atom stereocenters. The Morgan fingerprint density at radius 1 is 1.44 bits per heavy atom. The Balaban J connectivity index is 2.70. The molecule has 0 aliphatic heterocycles. The van der Waals surface area contributed by atoms with Gasteiger partial charge in [-0.3, -0.25) is 0 Å². The second-order valence-corrected chi connectivity index (χ2v) is 3.61. The largest absolute Gasteiger partial charge is 0.480 e. The summed E-state index contributed by atoms with van der Waals surface area (Å²) in [5, 5.41) is 21.5. The van der Waals surface area contributed by atoms with E-state index in [9.17, 15) is 14.0 Å². The number of hydrogen-bond acceptors (Lipinski definition) is 3. The fourth-order valence-electron chi connectivity index (χ4n) is 1.25. The maximum absolute atomic E-state index is 13.5. The number of benzene rings is 1. The van der Waals surface area contributed by atoms with Crippen molar-refractivity contribution >= 4 is 17.7 Å². The van der Waals surface area contributed by atoms with Gasteiger partial charge in [0, 0.05) is 0 Å². The summed E-state index contributed by atoms with van der Waals surface area (Å²) >= 11 is 0. The van der Waals surface area contributed by atoms with Crippen molar-refractivity contribution in [3.8, 4) is 0 Å². The van der Waals surface area contributed by atoms with E-state index in [0.717, 1.165) is 0 Å². The van der Waals surface area contributed by atoms with Crippen molar-refractivity contribution in [2.45, 2.75) is 13.0 Å². The molecule has 1 aromatic carbocycles. The molecule has 0 heterocycles. The van der Waals surface area contributed by atoms with Crippen molar-refractivity contribution in [2.75, 3.05) is 11.9 Å².